The molecule has 0 amide bonds. The quantitative estimate of drug-likeness (QED) is 0.787. The van der Waals surface area contributed by atoms with Crippen LogP contribution in [0.3, 0.4) is 0 Å². The Hall–Kier alpha value is -0.740. The highest BCUT2D eigenvalue weighted by molar-refractivity contribution is 6.30. The summed E-state index contributed by atoms with van der Waals surface area (Å²) in [6, 6.07) is 3.74. The highest BCUT2D eigenvalue weighted by atomic mass is 35.5. The normalized spacial score (nSPS) is 21.2. The van der Waals surface area contributed by atoms with Crippen molar-refractivity contribution in [1.82, 2.24) is 5.32 Å². The molecule has 0 spiro atoms. The van der Waals surface area contributed by atoms with Crippen LogP contribution < -0.4 is 5.32 Å². The average molecular weight is 236 g/mol. The molecule has 1 heterocycles. The summed E-state index contributed by atoms with van der Waals surface area (Å²) in [6.45, 7) is 0.768. The van der Waals surface area contributed by atoms with Crippen LogP contribution in [0.1, 0.15) is 23.6 Å². The molecule has 15 heavy (non-hydrogen) atoms. The lowest BCUT2D eigenvalue weighted by atomic mass is 9.93. The van der Waals surface area contributed by atoms with Gasteiger partial charge in [-0.15, -0.1) is 0 Å². The predicted molar refractivity (Wildman–Crippen MR) is 51.8 cm³/mol. The molecule has 82 valence electrons. The lowest BCUT2D eigenvalue weighted by Crippen LogP contribution is -2.36. The van der Waals surface area contributed by atoms with Gasteiger partial charge in [0.15, 0.2) is 0 Å². The number of hydrogen-bond acceptors (Lipinski definition) is 1. The zero-order valence-corrected chi connectivity index (χ0v) is 8.49. The second-order valence-electron chi connectivity index (χ2n) is 3.52. The minimum atomic E-state index is -4.34. The molecule has 5 heteroatoms. The lowest BCUT2D eigenvalue weighted by Gasteiger charge is -2.30. The van der Waals surface area contributed by atoms with Crippen molar-refractivity contribution in [3.63, 3.8) is 0 Å². The Morgan fingerprint density at radius 3 is 2.47 bits per heavy atom. The molecule has 0 aliphatic carbocycles. The van der Waals surface area contributed by atoms with Gasteiger partial charge >= 0.3 is 6.18 Å². The fourth-order valence-electron chi connectivity index (χ4n) is 1.63. The second kappa shape index (κ2) is 3.68. The summed E-state index contributed by atoms with van der Waals surface area (Å²) in [6.07, 6.45) is -3.60. The minimum absolute atomic E-state index is 0.116. The number of alkyl halides is 3. The first-order chi connectivity index (χ1) is 6.98. The molecular formula is C10H9ClF3N. The average Bonchev–Trinajstić information content (AvgIpc) is 2.03. The molecule has 1 aromatic rings. The summed E-state index contributed by atoms with van der Waals surface area (Å²) >= 11 is 5.57. The summed E-state index contributed by atoms with van der Waals surface area (Å²) in [5.74, 6) is 0. The van der Waals surface area contributed by atoms with E-state index < -0.39 is 11.7 Å². The van der Waals surface area contributed by atoms with Gasteiger partial charge in [0.05, 0.1) is 5.56 Å². The maximum absolute atomic E-state index is 12.7. The molecule has 1 fully saturated rings. The Morgan fingerprint density at radius 2 is 2.00 bits per heavy atom. The van der Waals surface area contributed by atoms with E-state index in [-0.39, 0.29) is 16.6 Å². The Bertz CT molecular complexity index is 371. The van der Waals surface area contributed by atoms with Crippen LogP contribution in [0.25, 0.3) is 0 Å². The Morgan fingerprint density at radius 1 is 1.33 bits per heavy atom. The van der Waals surface area contributed by atoms with Crippen molar-refractivity contribution in [2.24, 2.45) is 0 Å². The molecule has 2 rings (SSSR count). The number of rotatable bonds is 1. The molecule has 1 aromatic carbocycles. The highest BCUT2D eigenvalue weighted by Gasteiger charge is 2.36. The first-order valence-electron chi connectivity index (χ1n) is 4.58. The van der Waals surface area contributed by atoms with E-state index in [4.69, 9.17) is 11.6 Å². The second-order valence-corrected chi connectivity index (χ2v) is 3.96. The summed E-state index contributed by atoms with van der Waals surface area (Å²) in [5, 5.41) is 3.07. The van der Waals surface area contributed by atoms with Crippen LogP contribution in [0.5, 0.6) is 0 Å². The van der Waals surface area contributed by atoms with Gasteiger partial charge in [0.2, 0.25) is 0 Å². The minimum Gasteiger partial charge on any atom is -0.310 e. The topological polar surface area (TPSA) is 12.0 Å². The van der Waals surface area contributed by atoms with Crippen LogP contribution in [-0.4, -0.2) is 6.54 Å². The highest BCUT2D eigenvalue weighted by Crippen LogP contribution is 2.38. The summed E-state index contributed by atoms with van der Waals surface area (Å²) in [4.78, 5) is 0. The van der Waals surface area contributed by atoms with Gasteiger partial charge in [-0.3, -0.25) is 0 Å². The van der Waals surface area contributed by atoms with Crippen molar-refractivity contribution in [3.05, 3.63) is 34.3 Å². The predicted octanol–water partition coefficient (Wildman–Crippen LogP) is 3.39. The van der Waals surface area contributed by atoms with E-state index in [1.807, 2.05) is 0 Å². The standard InChI is InChI=1S/C10H9ClF3N/c11-6-1-2-7(9-3-4-15-9)8(5-6)10(12,13)14/h1-2,5,9,15H,3-4H2/t9-/m1/s1. The number of hydrogen-bond donors (Lipinski definition) is 1. The molecule has 1 saturated heterocycles. The van der Waals surface area contributed by atoms with E-state index in [1.165, 1.54) is 12.1 Å². The van der Waals surface area contributed by atoms with Gasteiger partial charge in [0.25, 0.3) is 0 Å². The van der Waals surface area contributed by atoms with Crippen molar-refractivity contribution in [2.45, 2.75) is 18.6 Å². The third-order valence-electron chi connectivity index (χ3n) is 2.52. The first kappa shape index (κ1) is 10.8. The third kappa shape index (κ3) is 2.11. The first-order valence-corrected chi connectivity index (χ1v) is 4.96. The van der Waals surface area contributed by atoms with Crippen LogP contribution in [0.15, 0.2) is 18.2 Å². The van der Waals surface area contributed by atoms with Crippen molar-refractivity contribution in [1.29, 1.82) is 0 Å². The summed E-state index contributed by atoms with van der Waals surface area (Å²) in [7, 11) is 0. The van der Waals surface area contributed by atoms with Crippen LogP contribution in [-0.2, 0) is 6.18 Å². The summed E-state index contributed by atoms with van der Waals surface area (Å²) < 4.78 is 38.0. The van der Waals surface area contributed by atoms with E-state index in [1.54, 1.807) is 0 Å². The van der Waals surface area contributed by atoms with Gasteiger partial charge < -0.3 is 5.32 Å². The largest absolute Gasteiger partial charge is 0.416 e. The molecule has 1 aliphatic rings. The fourth-order valence-corrected chi connectivity index (χ4v) is 1.80. The van der Waals surface area contributed by atoms with Gasteiger partial charge in [-0.05, 0) is 30.7 Å². The Labute approximate surface area is 90.2 Å². The van der Waals surface area contributed by atoms with Crippen LogP contribution >= 0.6 is 11.6 Å². The zero-order valence-electron chi connectivity index (χ0n) is 7.74. The molecule has 1 nitrogen and oxygen atoms in total. The van der Waals surface area contributed by atoms with Gasteiger partial charge in [-0.25, -0.2) is 0 Å². The van der Waals surface area contributed by atoms with Gasteiger partial charge in [-0.1, -0.05) is 17.7 Å². The van der Waals surface area contributed by atoms with E-state index in [9.17, 15) is 13.2 Å². The molecule has 0 unspecified atom stereocenters. The molecular weight excluding hydrogens is 227 g/mol. The van der Waals surface area contributed by atoms with E-state index in [0.29, 0.717) is 0 Å². The Kier molecular flexibility index (Phi) is 2.64. The SMILES string of the molecule is FC(F)(F)c1cc(Cl)ccc1[C@H]1CCN1. The molecule has 0 aromatic heterocycles. The van der Waals surface area contributed by atoms with E-state index >= 15 is 0 Å². The number of nitrogens with one attached hydrogen (secondary N) is 1. The molecule has 0 radical (unpaired) electrons. The van der Waals surface area contributed by atoms with Gasteiger partial charge in [-0.2, -0.15) is 13.2 Å². The summed E-state index contributed by atoms with van der Waals surface area (Å²) in [5.41, 5.74) is -0.342. The van der Waals surface area contributed by atoms with Crippen molar-refractivity contribution >= 4 is 11.6 Å². The molecule has 1 aliphatic heterocycles. The third-order valence-corrected chi connectivity index (χ3v) is 2.76. The molecule has 0 bridgehead atoms. The molecule has 1 atom stereocenters. The van der Waals surface area contributed by atoms with Crippen LogP contribution in [0.4, 0.5) is 13.2 Å². The van der Waals surface area contributed by atoms with Gasteiger partial charge in [0, 0.05) is 11.1 Å². The maximum Gasteiger partial charge on any atom is 0.416 e. The van der Waals surface area contributed by atoms with E-state index in [0.717, 1.165) is 19.0 Å². The fraction of sp³-hybridized carbons (Fsp3) is 0.400. The van der Waals surface area contributed by atoms with Crippen molar-refractivity contribution in [3.8, 4) is 0 Å². The smallest absolute Gasteiger partial charge is 0.310 e. The molecule has 1 N–H and O–H groups in total. The zero-order chi connectivity index (χ0) is 11.1. The van der Waals surface area contributed by atoms with Crippen molar-refractivity contribution in [2.75, 3.05) is 6.54 Å². The van der Waals surface area contributed by atoms with Crippen LogP contribution in [0.2, 0.25) is 5.02 Å². The monoisotopic (exact) mass is 235 g/mol. The van der Waals surface area contributed by atoms with Gasteiger partial charge in [0.1, 0.15) is 0 Å². The van der Waals surface area contributed by atoms with E-state index in [2.05, 4.69) is 5.32 Å². The number of benzene rings is 1. The number of halogens is 4. The lowest BCUT2D eigenvalue weighted by molar-refractivity contribution is -0.138. The van der Waals surface area contributed by atoms with Crippen LogP contribution in [0, 0.1) is 0 Å². The Balaban J connectivity index is 2.44. The van der Waals surface area contributed by atoms with Crippen molar-refractivity contribution < 1.29 is 13.2 Å². The maximum atomic E-state index is 12.7. The molecule has 0 saturated carbocycles.